The fourth-order valence-corrected chi connectivity index (χ4v) is 0.344. The normalized spacial score (nSPS) is 10.5. The van der Waals surface area contributed by atoms with E-state index in [1.54, 1.807) is 6.61 Å². The highest BCUT2D eigenvalue weighted by Crippen LogP contribution is 1.94. The Labute approximate surface area is 52.0 Å². The van der Waals surface area contributed by atoms with E-state index in [0.717, 1.165) is 13.0 Å². The molecule has 0 amide bonds. The van der Waals surface area contributed by atoms with Gasteiger partial charge in [-0.15, -0.1) is 0 Å². The maximum Gasteiger partial charge on any atom is 0.0836 e. The van der Waals surface area contributed by atoms with Gasteiger partial charge >= 0.3 is 0 Å². The van der Waals surface area contributed by atoms with Crippen LogP contribution >= 0.6 is 0 Å². The molecule has 0 fully saturated rings. The largest absolute Gasteiger partial charge is 0.375 e. The van der Waals surface area contributed by atoms with Crippen LogP contribution in [0.5, 0.6) is 0 Å². The summed E-state index contributed by atoms with van der Waals surface area (Å²) in [6.45, 7) is 10.4. The zero-order valence-corrected chi connectivity index (χ0v) is 5.68. The summed E-state index contributed by atoms with van der Waals surface area (Å²) in [4.78, 5) is 0. The van der Waals surface area contributed by atoms with Crippen LogP contribution in [-0.2, 0) is 4.74 Å². The van der Waals surface area contributed by atoms with E-state index in [2.05, 4.69) is 20.8 Å². The Bertz CT molecular complexity index is 41.7. The van der Waals surface area contributed by atoms with E-state index < -0.39 is 0 Å². The van der Waals surface area contributed by atoms with E-state index in [9.17, 15) is 0 Å². The summed E-state index contributed by atoms with van der Waals surface area (Å²) >= 11 is 0. The maximum atomic E-state index is 5.06. The summed E-state index contributed by atoms with van der Waals surface area (Å²) in [5.74, 6) is 0.623. The van der Waals surface area contributed by atoms with Gasteiger partial charge in [0.05, 0.1) is 6.61 Å². The van der Waals surface area contributed by atoms with Crippen molar-refractivity contribution in [2.45, 2.75) is 20.3 Å². The van der Waals surface area contributed by atoms with Crippen molar-refractivity contribution in [3.05, 3.63) is 13.5 Å². The molecule has 2 radical (unpaired) electrons. The summed E-state index contributed by atoms with van der Waals surface area (Å²) in [5.41, 5.74) is 0. The minimum Gasteiger partial charge on any atom is -0.375 e. The standard InChI is InChI=1S/C7H14O/c1-4-5-8-6-7(2)3/h5,7H,1,4,6H2,2-3H3. The summed E-state index contributed by atoms with van der Waals surface area (Å²) < 4.78 is 5.06. The first kappa shape index (κ1) is 7.96. The second-order valence-electron chi connectivity index (χ2n) is 2.18. The minimum atomic E-state index is 0.623. The van der Waals surface area contributed by atoms with Gasteiger partial charge in [-0.25, -0.2) is 0 Å². The van der Waals surface area contributed by atoms with Crippen LogP contribution in [0.4, 0.5) is 0 Å². The number of hydrogen-bond donors (Lipinski definition) is 0. The molecular weight excluding hydrogens is 100 g/mol. The van der Waals surface area contributed by atoms with E-state index in [4.69, 9.17) is 4.74 Å². The highest BCUT2D eigenvalue weighted by atomic mass is 16.5. The molecule has 0 bridgehead atoms. The Morgan fingerprint density at radius 2 is 2.25 bits per heavy atom. The van der Waals surface area contributed by atoms with E-state index in [-0.39, 0.29) is 0 Å². The summed E-state index contributed by atoms with van der Waals surface area (Å²) in [7, 11) is 0. The van der Waals surface area contributed by atoms with Crippen LogP contribution in [0.15, 0.2) is 0 Å². The van der Waals surface area contributed by atoms with Crippen LogP contribution in [0.25, 0.3) is 0 Å². The second-order valence-corrected chi connectivity index (χ2v) is 2.18. The highest BCUT2D eigenvalue weighted by Gasteiger charge is 1.90. The lowest BCUT2D eigenvalue weighted by Gasteiger charge is -2.02. The summed E-state index contributed by atoms with van der Waals surface area (Å²) in [6, 6.07) is 0. The molecule has 0 aromatic rings. The van der Waals surface area contributed by atoms with Crippen molar-refractivity contribution >= 4 is 0 Å². The second kappa shape index (κ2) is 5.10. The number of ether oxygens (including phenoxy) is 1. The quantitative estimate of drug-likeness (QED) is 0.508. The fraction of sp³-hybridized carbons (Fsp3) is 0.714. The molecule has 1 heteroatoms. The van der Waals surface area contributed by atoms with Crippen LogP contribution < -0.4 is 0 Å². The monoisotopic (exact) mass is 114 g/mol. The first-order valence-electron chi connectivity index (χ1n) is 3.00. The molecule has 48 valence electrons. The zero-order valence-electron chi connectivity index (χ0n) is 5.68. The first-order valence-corrected chi connectivity index (χ1v) is 3.00. The number of rotatable bonds is 4. The van der Waals surface area contributed by atoms with Gasteiger partial charge in [-0.05, 0) is 12.3 Å². The van der Waals surface area contributed by atoms with Gasteiger partial charge in [-0.1, -0.05) is 20.8 Å². The maximum absolute atomic E-state index is 5.06. The fourth-order valence-electron chi connectivity index (χ4n) is 0.344. The molecule has 0 aliphatic rings. The highest BCUT2D eigenvalue weighted by molar-refractivity contribution is 4.52. The summed E-state index contributed by atoms with van der Waals surface area (Å²) in [6.07, 6.45) is 0.757. The van der Waals surface area contributed by atoms with Crippen LogP contribution in [0, 0.1) is 19.4 Å². The van der Waals surface area contributed by atoms with Gasteiger partial charge in [0.1, 0.15) is 0 Å². The average molecular weight is 114 g/mol. The zero-order chi connectivity index (χ0) is 6.41. The Hall–Kier alpha value is -0.0400. The first-order chi connectivity index (χ1) is 3.77. The Kier molecular flexibility index (Phi) is 5.08. The molecule has 0 atom stereocenters. The van der Waals surface area contributed by atoms with E-state index in [0.29, 0.717) is 5.92 Å². The van der Waals surface area contributed by atoms with Crippen LogP contribution in [0.3, 0.4) is 0 Å². The van der Waals surface area contributed by atoms with Crippen molar-refractivity contribution in [3.8, 4) is 0 Å². The van der Waals surface area contributed by atoms with Gasteiger partial charge in [-0.2, -0.15) is 0 Å². The lowest BCUT2D eigenvalue weighted by atomic mass is 10.2. The third-order valence-corrected chi connectivity index (χ3v) is 0.665. The van der Waals surface area contributed by atoms with Crippen LogP contribution in [0.1, 0.15) is 20.3 Å². The smallest absolute Gasteiger partial charge is 0.0836 e. The van der Waals surface area contributed by atoms with Gasteiger partial charge in [-0.3, -0.25) is 0 Å². The van der Waals surface area contributed by atoms with Gasteiger partial charge in [0.2, 0.25) is 0 Å². The molecule has 0 unspecified atom stereocenters. The van der Waals surface area contributed by atoms with Crippen molar-refractivity contribution in [3.63, 3.8) is 0 Å². The Balaban J connectivity index is 2.72. The Morgan fingerprint density at radius 1 is 1.62 bits per heavy atom. The molecule has 0 spiro atoms. The van der Waals surface area contributed by atoms with Crippen LogP contribution in [-0.4, -0.2) is 6.61 Å². The lowest BCUT2D eigenvalue weighted by Crippen LogP contribution is -1.98. The van der Waals surface area contributed by atoms with Crippen molar-refractivity contribution in [2.24, 2.45) is 5.92 Å². The van der Waals surface area contributed by atoms with Gasteiger partial charge in [0.15, 0.2) is 0 Å². The topological polar surface area (TPSA) is 9.23 Å². The number of hydrogen-bond acceptors (Lipinski definition) is 1. The molecule has 0 aliphatic heterocycles. The van der Waals surface area contributed by atoms with Gasteiger partial charge in [0.25, 0.3) is 0 Å². The predicted molar refractivity (Wildman–Crippen MR) is 35.1 cm³/mol. The lowest BCUT2D eigenvalue weighted by molar-refractivity contribution is 0.166. The third-order valence-electron chi connectivity index (χ3n) is 0.665. The van der Waals surface area contributed by atoms with Gasteiger partial charge < -0.3 is 4.74 Å². The molecule has 0 aromatic carbocycles. The molecule has 0 rings (SSSR count). The van der Waals surface area contributed by atoms with Crippen molar-refractivity contribution < 1.29 is 4.74 Å². The van der Waals surface area contributed by atoms with Crippen molar-refractivity contribution in [2.75, 3.05) is 6.61 Å². The minimum absolute atomic E-state index is 0.623. The predicted octanol–water partition coefficient (Wildman–Crippen LogP) is 2.04. The molecule has 0 saturated carbocycles. The third kappa shape index (κ3) is 5.96. The van der Waals surface area contributed by atoms with E-state index in [1.807, 2.05) is 0 Å². The van der Waals surface area contributed by atoms with E-state index >= 15 is 0 Å². The molecule has 1 nitrogen and oxygen atoms in total. The average Bonchev–Trinajstić information content (AvgIpc) is 1.66. The molecule has 0 aromatic heterocycles. The molecule has 0 saturated heterocycles. The van der Waals surface area contributed by atoms with Gasteiger partial charge in [0, 0.05) is 6.61 Å². The van der Waals surface area contributed by atoms with E-state index in [1.165, 1.54) is 0 Å². The van der Waals surface area contributed by atoms with Crippen molar-refractivity contribution in [1.82, 2.24) is 0 Å². The van der Waals surface area contributed by atoms with Crippen LogP contribution in [0.2, 0.25) is 0 Å². The molecule has 0 N–H and O–H groups in total. The molecule has 0 aliphatic carbocycles. The molecular formula is C7H14O. The Morgan fingerprint density at radius 3 is 2.62 bits per heavy atom. The SMILES string of the molecule is [CH2]C[CH]OCC(C)C. The van der Waals surface area contributed by atoms with Crippen molar-refractivity contribution in [1.29, 1.82) is 0 Å². The molecule has 8 heavy (non-hydrogen) atoms. The summed E-state index contributed by atoms with van der Waals surface area (Å²) in [5, 5.41) is 0. The molecule has 0 heterocycles.